The molecule has 2 aromatic rings. The van der Waals surface area contributed by atoms with Crippen molar-refractivity contribution in [2.24, 2.45) is 0 Å². The van der Waals surface area contributed by atoms with Gasteiger partial charge in [0, 0.05) is 12.7 Å². The zero-order valence-corrected chi connectivity index (χ0v) is 10.4. The number of carbonyl (C=O) groups is 1. The minimum Gasteiger partial charge on any atom is -0.311 e. The molecule has 0 atom stereocenters. The van der Waals surface area contributed by atoms with E-state index in [1.807, 2.05) is 37.3 Å². The first-order chi connectivity index (χ1) is 8.59. The summed E-state index contributed by atoms with van der Waals surface area (Å²) < 4.78 is 13.6. The van der Waals surface area contributed by atoms with E-state index < -0.39 is 5.82 Å². The average molecular weight is 243 g/mol. The molecule has 0 aliphatic carbocycles. The lowest BCUT2D eigenvalue weighted by Crippen LogP contribution is -2.27. The molecule has 0 radical (unpaired) electrons. The average Bonchev–Trinajstić information content (AvgIpc) is 2.41. The van der Waals surface area contributed by atoms with Gasteiger partial charge in [-0.2, -0.15) is 0 Å². The molecular weight excluding hydrogens is 229 g/mol. The third-order valence-corrected chi connectivity index (χ3v) is 2.80. The molecule has 0 N–H and O–H groups in total. The van der Waals surface area contributed by atoms with Gasteiger partial charge in [-0.1, -0.05) is 29.8 Å². The second-order valence-electron chi connectivity index (χ2n) is 4.18. The first-order valence-corrected chi connectivity index (χ1v) is 5.69. The summed E-state index contributed by atoms with van der Waals surface area (Å²) >= 11 is 0. The SMILES string of the molecule is Cc1ccc(F)c(C(=O)N(C)c2ccccc2)c1. The van der Waals surface area contributed by atoms with Crippen LogP contribution in [-0.2, 0) is 0 Å². The molecule has 0 saturated heterocycles. The molecule has 0 aromatic heterocycles. The van der Waals surface area contributed by atoms with Crippen molar-refractivity contribution >= 4 is 11.6 Å². The molecule has 0 aliphatic rings. The van der Waals surface area contributed by atoms with Crippen LogP contribution in [0.15, 0.2) is 48.5 Å². The third kappa shape index (κ3) is 2.40. The number of hydrogen-bond donors (Lipinski definition) is 0. The fourth-order valence-corrected chi connectivity index (χ4v) is 1.75. The monoisotopic (exact) mass is 243 g/mol. The highest BCUT2D eigenvalue weighted by atomic mass is 19.1. The number of nitrogens with zero attached hydrogens (tertiary/aromatic N) is 1. The maximum absolute atomic E-state index is 13.6. The first-order valence-electron chi connectivity index (χ1n) is 5.69. The molecule has 0 aliphatic heterocycles. The number of amides is 1. The molecule has 0 saturated carbocycles. The van der Waals surface area contributed by atoms with E-state index in [4.69, 9.17) is 0 Å². The summed E-state index contributed by atoms with van der Waals surface area (Å²) in [6.45, 7) is 1.83. The Labute approximate surface area is 106 Å². The van der Waals surface area contributed by atoms with Crippen LogP contribution in [0.25, 0.3) is 0 Å². The van der Waals surface area contributed by atoms with Crippen molar-refractivity contribution in [1.82, 2.24) is 0 Å². The molecular formula is C15H14FNO. The van der Waals surface area contributed by atoms with Crippen molar-refractivity contribution in [3.05, 3.63) is 65.5 Å². The Kier molecular flexibility index (Phi) is 3.42. The van der Waals surface area contributed by atoms with Crippen LogP contribution in [0.4, 0.5) is 10.1 Å². The summed E-state index contributed by atoms with van der Waals surface area (Å²) in [7, 11) is 1.64. The normalized spacial score (nSPS) is 10.2. The highest BCUT2D eigenvalue weighted by Crippen LogP contribution is 2.17. The van der Waals surface area contributed by atoms with Crippen molar-refractivity contribution in [2.75, 3.05) is 11.9 Å². The van der Waals surface area contributed by atoms with E-state index >= 15 is 0 Å². The highest BCUT2D eigenvalue weighted by molar-refractivity contribution is 6.06. The van der Waals surface area contributed by atoms with E-state index in [9.17, 15) is 9.18 Å². The van der Waals surface area contributed by atoms with E-state index in [2.05, 4.69) is 0 Å². The quantitative estimate of drug-likeness (QED) is 0.791. The maximum Gasteiger partial charge on any atom is 0.260 e. The van der Waals surface area contributed by atoms with Gasteiger partial charge in [-0.3, -0.25) is 4.79 Å². The zero-order chi connectivity index (χ0) is 13.1. The second kappa shape index (κ2) is 5.00. The number of hydrogen-bond acceptors (Lipinski definition) is 1. The van der Waals surface area contributed by atoms with E-state index in [0.29, 0.717) is 0 Å². The largest absolute Gasteiger partial charge is 0.311 e. The first kappa shape index (κ1) is 12.3. The Balaban J connectivity index is 2.34. The predicted octanol–water partition coefficient (Wildman–Crippen LogP) is 3.41. The fraction of sp³-hybridized carbons (Fsp3) is 0.133. The van der Waals surface area contributed by atoms with Gasteiger partial charge in [-0.05, 0) is 31.2 Å². The Hall–Kier alpha value is -2.16. The lowest BCUT2D eigenvalue weighted by atomic mass is 10.1. The number of aryl methyl sites for hydroxylation is 1. The summed E-state index contributed by atoms with van der Waals surface area (Å²) in [4.78, 5) is 13.6. The Morgan fingerprint density at radius 2 is 1.78 bits per heavy atom. The second-order valence-corrected chi connectivity index (χ2v) is 4.18. The summed E-state index contributed by atoms with van der Waals surface area (Å²) in [5, 5.41) is 0. The standard InChI is InChI=1S/C15H14FNO/c1-11-8-9-14(16)13(10-11)15(18)17(2)12-6-4-3-5-7-12/h3-10H,1-2H3. The van der Waals surface area contributed by atoms with E-state index in [1.165, 1.54) is 11.0 Å². The van der Waals surface area contributed by atoms with E-state index in [0.717, 1.165) is 11.3 Å². The van der Waals surface area contributed by atoms with Crippen LogP contribution in [0, 0.1) is 12.7 Å². The van der Waals surface area contributed by atoms with Gasteiger partial charge in [-0.25, -0.2) is 4.39 Å². The highest BCUT2D eigenvalue weighted by Gasteiger charge is 2.17. The molecule has 1 amide bonds. The molecule has 18 heavy (non-hydrogen) atoms. The summed E-state index contributed by atoms with van der Waals surface area (Å²) in [6, 6.07) is 13.7. The van der Waals surface area contributed by atoms with Crippen molar-refractivity contribution in [3.8, 4) is 0 Å². The van der Waals surface area contributed by atoms with Crippen LogP contribution in [0.5, 0.6) is 0 Å². The smallest absolute Gasteiger partial charge is 0.260 e. The van der Waals surface area contributed by atoms with Gasteiger partial charge in [0.05, 0.1) is 5.56 Å². The third-order valence-electron chi connectivity index (χ3n) is 2.80. The van der Waals surface area contributed by atoms with E-state index in [-0.39, 0.29) is 11.5 Å². The molecule has 2 nitrogen and oxygen atoms in total. The molecule has 0 unspecified atom stereocenters. The maximum atomic E-state index is 13.6. The molecule has 3 heteroatoms. The zero-order valence-electron chi connectivity index (χ0n) is 10.4. The number of para-hydroxylation sites is 1. The van der Waals surface area contributed by atoms with Gasteiger partial charge in [0.2, 0.25) is 0 Å². The number of carbonyl (C=O) groups excluding carboxylic acids is 1. The molecule has 0 bridgehead atoms. The Morgan fingerprint density at radius 3 is 2.44 bits per heavy atom. The Morgan fingerprint density at radius 1 is 1.11 bits per heavy atom. The molecule has 0 spiro atoms. The minimum absolute atomic E-state index is 0.0985. The van der Waals surface area contributed by atoms with Crippen molar-refractivity contribution in [2.45, 2.75) is 6.92 Å². The van der Waals surface area contributed by atoms with Crippen LogP contribution in [0.1, 0.15) is 15.9 Å². The van der Waals surface area contributed by atoms with Crippen molar-refractivity contribution in [1.29, 1.82) is 0 Å². The molecule has 2 rings (SSSR count). The van der Waals surface area contributed by atoms with Crippen molar-refractivity contribution in [3.63, 3.8) is 0 Å². The van der Waals surface area contributed by atoms with Gasteiger partial charge in [0.1, 0.15) is 5.82 Å². The van der Waals surface area contributed by atoms with Gasteiger partial charge in [0.25, 0.3) is 5.91 Å². The van der Waals surface area contributed by atoms with Crippen molar-refractivity contribution < 1.29 is 9.18 Å². The lowest BCUT2D eigenvalue weighted by Gasteiger charge is -2.17. The summed E-state index contributed by atoms with van der Waals surface area (Å²) in [6.07, 6.45) is 0. The predicted molar refractivity (Wildman–Crippen MR) is 70.3 cm³/mol. The van der Waals surface area contributed by atoms with Crippen LogP contribution in [0.3, 0.4) is 0 Å². The summed E-state index contributed by atoms with van der Waals surface area (Å²) in [5.41, 5.74) is 1.70. The number of rotatable bonds is 2. The number of benzene rings is 2. The minimum atomic E-state index is -0.492. The number of halogens is 1. The van der Waals surface area contributed by atoms with Crippen LogP contribution in [-0.4, -0.2) is 13.0 Å². The van der Waals surface area contributed by atoms with Gasteiger partial charge in [0.15, 0.2) is 0 Å². The topological polar surface area (TPSA) is 20.3 Å². The Bertz CT molecular complexity index is 566. The van der Waals surface area contributed by atoms with E-state index in [1.54, 1.807) is 19.2 Å². The molecule has 0 heterocycles. The van der Waals surface area contributed by atoms with Crippen LogP contribution < -0.4 is 4.90 Å². The molecule has 2 aromatic carbocycles. The van der Waals surface area contributed by atoms with Gasteiger partial charge in [-0.15, -0.1) is 0 Å². The molecule has 0 fully saturated rings. The fourth-order valence-electron chi connectivity index (χ4n) is 1.75. The van der Waals surface area contributed by atoms with Crippen LogP contribution >= 0.6 is 0 Å². The molecule has 92 valence electrons. The summed E-state index contributed by atoms with van der Waals surface area (Å²) in [5.74, 6) is -0.837. The van der Waals surface area contributed by atoms with Gasteiger partial charge >= 0.3 is 0 Å². The number of anilines is 1. The van der Waals surface area contributed by atoms with Gasteiger partial charge < -0.3 is 4.90 Å². The van der Waals surface area contributed by atoms with Crippen LogP contribution in [0.2, 0.25) is 0 Å². The lowest BCUT2D eigenvalue weighted by molar-refractivity contribution is 0.0989.